The van der Waals surface area contributed by atoms with Gasteiger partial charge in [0.25, 0.3) is 0 Å². The fourth-order valence-corrected chi connectivity index (χ4v) is 5.51. The maximum absolute atomic E-state index is 12.7. The Labute approximate surface area is 216 Å². The highest BCUT2D eigenvalue weighted by Gasteiger charge is 2.21. The Morgan fingerprint density at radius 3 is 1.70 bits per heavy atom. The molecule has 37 heavy (non-hydrogen) atoms. The Kier molecular flexibility index (Phi) is 5.61. The number of carbonyl (C=O) groups excluding carboxylic acids is 1. The van der Waals surface area contributed by atoms with Crippen molar-refractivity contribution in [3.05, 3.63) is 121 Å². The van der Waals surface area contributed by atoms with Crippen LogP contribution in [0.2, 0.25) is 0 Å². The fourth-order valence-electron chi connectivity index (χ4n) is 5.51. The smallest absolute Gasteiger partial charge is 0.163 e. The summed E-state index contributed by atoms with van der Waals surface area (Å²) in [4.78, 5) is 15.0. The highest BCUT2D eigenvalue weighted by atomic mass is 16.5. The van der Waals surface area contributed by atoms with E-state index in [4.69, 9.17) is 4.74 Å². The summed E-state index contributed by atoms with van der Waals surface area (Å²) in [6, 6.07) is 38.2. The number of allylic oxidation sites excluding steroid dienone is 2. The number of ketones is 1. The van der Waals surface area contributed by atoms with E-state index < -0.39 is 0 Å². The summed E-state index contributed by atoms with van der Waals surface area (Å²) in [5.41, 5.74) is 4.84. The van der Waals surface area contributed by atoms with Gasteiger partial charge in [0.1, 0.15) is 5.76 Å². The first-order valence-electron chi connectivity index (χ1n) is 12.5. The topological polar surface area (TPSA) is 29.5 Å². The van der Waals surface area contributed by atoms with E-state index in [1.807, 2.05) is 25.1 Å². The molecule has 6 aromatic carbocycles. The van der Waals surface area contributed by atoms with Crippen LogP contribution in [0.5, 0.6) is 0 Å². The predicted molar refractivity (Wildman–Crippen MR) is 155 cm³/mol. The SMILES string of the molecule is CO/C(C)=C(\C(C)=O)c1ccc2ccc3c(N(c4ccccc4)c4ccccc4)ccc4ccc1c2c43. The third kappa shape index (κ3) is 3.71. The predicted octanol–water partition coefficient (Wildman–Crippen LogP) is 9.02. The molecular formula is C34H27NO2. The van der Waals surface area contributed by atoms with E-state index in [0.29, 0.717) is 11.3 Å². The van der Waals surface area contributed by atoms with Crippen LogP contribution < -0.4 is 4.90 Å². The normalized spacial score (nSPS) is 12.2. The second kappa shape index (κ2) is 9.11. The highest BCUT2D eigenvalue weighted by molar-refractivity contribution is 6.30. The average molecular weight is 482 g/mol. The zero-order valence-electron chi connectivity index (χ0n) is 21.2. The lowest BCUT2D eigenvalue weighted by Crippen LogP contribution is -2.10. The van der Waals surface area contributed by atoms with Gasteiger partial charge in [-0.1, -0.05) is 78.9 Å². The molecule has 0 saturated carbocycles. The number of rotatable bonds is 6. The van der Waals surface area contributed by atoms with Gasteiger partial charge in [-0.05, 0) is 76.7 Å². The standard InChI is InChI=1S/C34H27NO2/c1-22(36)32(23(2)37-3)28-18-14-24-16-20-30-31(21-17-25-15-19-29(28)33(24)34(25)30)35(26-10-6-4-7-11-26)27-12-8-5-9-13-27/h4-21H,1-3H3/b32-23+. The molecule has 0 heterocycles. The lowest BCUT2D eigenvalue weighted by atomic mass is 9.88. The molecule has 180 valence electrons. The number of ether oxygens (including phenoxy) is 1. The highest BCUT2D eigenvalue weighted by Crippen LogP contribution is 2.45. The lowest BCUT2D eigenvalue weighted by Gasteiger charge is -2.27. The van der Waals surface area contributed by atoms with Crippen molar-refractivity contribution in [2.45, 2.75) is 13.8 Å². The van der Waals surface area contributed by atoms with Gasteiger partial charge in [-0.2, -0.15) is 0 Å². The Hall–Kier alpha value is -4.63. The van der Waals surface area contributed by atoms with Crippen LogP contribution in [0.3, 0.4) is 0 Å². The van der Waals surface area contributed by atoms with Gasteiger partial charge in [-0.15, -0.1) is 0 Å². The monoisotopic (exact) mass is 481 g/mol. The van der Waals surface area contributed by atoms with Crippen molar-refractivity contribution in [2.75, 3.05) is 12.0 Å². The van der Waals surface area contributed by atoms with Crippen molar-refractivity contribution < 1.29 is 9.53 Å². The van der Waals surface area contributed by atoms with Crippen molar-refractivity contribution in [1.82, 2.24) is 0 Å². The second-order valence-electron chi connectivity index (χ2n) is 9.32. The molecule has 0 amide bonds. The Bertz CT molecular complexity index is 1750. The summed E-state index contributed by atoms with van der Waals surface area (Å²) in [6.07, 6.45) is 0. The summed E-state index contributed by atoms with van der Waals surface area (Å²) >= 11 is 0. The van der Waals surface area contributed by atoms with Crippen LogP contribution in [0.15, 0.2) is 115 Å². The number of anilines is 3. The summed E-state index contributed by atoms with van der Waals surface area (Å²) in [7, 11) is 1.61. The zero-order chi connectivity index (χ0) is 25.5. The van der Waals surface area contributed by atoms with E-state index in [1.54, 1.807) is 14.0 Å². The van der Waals surface area contributed by atoms with Crippen LogP contribution in [0.25, 0.3) is 37.9 Å². The largest absolute Gasteiger partial charge is 0.501 e. The quantitative estimate of drug-likeness (QED) is 0.135. The average Bonchev–Trinajstić information content (AvgIpc) is 2.94. The van der Waals surface area contributed by atoms with Gasteiger partial charge in [0.2, 0.25) is 0 Å². The summed E-state index contributed by atoms with van der Waals surface area (Å²) in [6.45, 7) is 3.45. The first kappa shape index (κ1) is 22.8. The molecule has 0 aliphatic rings. The van der Waals surface area contributed by atoms with E-state index in [1.165, 1.54) is 10.8 Å². The molecule has 0 aromatic heterocycles. The van der Waals surface area contributed by atoms with Gasteiger partial charge in [0.05, 0.1) is 18.4 Å². The molecule has 0 atom stereocenters. The van der Waals surface area contributed by atoms with E-state index in [2.05, 4.69) is 95.9 Å². The lowest BCUT2D eigenvalue weighted by molar-refractivity contribution is -0.111. The fraction of sp³-hybridized carbons (Fsp3) is 0.0882. The summed E-state index contributed by atoms with van der Waals surface area (Å²) in [5, 5.41) is 6.91. The molecule has 0 saturated heterocycles. The molecule has 0 unspecified atom stereocenters. The molecule has 0 N–H and O–H groups in total. The molecule has 6 aromatic rings. The van der Waals surface area contributed by atoms with Crippen LogP contribution in [0.4, 0.5) is 17.1 Å². The Balaban J connectivity index is 1.70. The van der Waals surface area contributed by atoms with Crippen molar-refractivity contribution in [1.29, 1.82) is 0 Å². The number of hydrogen-bond acceptors (Lipinski definition) is 3. The number of hydrogen-bond donors (Lipinski definition) is 0. The number of para-hydroxylation sites is 2. The van der Waals surface area contributed by atoms with E-state index in [9.17, 15) is 4.79 Å². The molecular weight excluding hydrogens is 454 g/mol. The van der Waals surface area contributed by atoms with Crippen molar-refractivity contribution in [2.24, 2.45) is 0 Å². The first-order chi connectivity index (χ1) is 18.1. The van der Waals surface area contributed by atoms with Crippen LogP contribution in [0.1, 0.15) is 19.4 Å². The molecule has 0 aliphatic carbocycles. The van der Waals surface area contributed by atoms with Crippen molar-refractivity contribution in [3.63, 3.8) is 0 Å². The minimum atomic E-state index is -0.00518. The molecule has 0 aliphatic heterocycles. The third-order valence-corrected chi connectivity index (χ3v) is 7.19. The minimum absolute atomic E-state index is 0.00518. The molecule has 0 radical (unpaired) electrons. The molecule has 3 heteroatoms. The third-order valence-electron chi connectivity index (χ3n) is 7.19. The van der Waals surface area contributed by atoms with E-state index >= 15 is 0 Å². The van der Waals surface area contributed by atoms with Gasteiger partial charge in [-0.25, -0.2) is 0 Å². The van der Waals surface area contributed by atoms with Crippen LogP contribution in [-0.2, 0) is 9.53 Å². The van der Waals surface area contributed by atoms with Crippen LogP contribution in [-0.4, -0.2) is 12.9 Å². The molecule has 0 fully saturated rings. The first-order valence-corrected chi connectivity index (χ1v) is 12.5. The van der Waals surface area contributed by atoms with Gasteiger partial charge >= 0.3 is 0 Å². The second-order valence-corrected chi connectivity index (χ2v) is 9.32. The number of nitrogens with zero attached hydrogens (tertiary/aromatic N) is 1. The zero-order valence-corrected chi connectivity index (χ0v) is 21.2. The molecule has 0 bridgehead atoms. The molecule has 6 rings (SSSR count). The number of carbonyl (C=O) groups is 1. The maximum atomic E-state index is 12.7. The van der Waals surface area contributed by atoms with Gasteiger partial charge in [0.15, 0.2) is 5.78 Å². The van der Waals surface area contributed by atoms with Crippen LogP contribution in [0, 0.1) is 0 Å². The number of benzene rings is 6. The van der Waals surface area contributed by atoms with Gasteiger partial charge < -0.3 is 9.64 Å². The van der Waals surface area contributed by atoms with Crippen molar-refractivity contribution in [3.8, 4) is 0 Å². The Morgan fingerprint density at radius 1 is 0.622 bits per heavy atom. The summed E-state index contributed by atoms with van der Waals surface area (Å²) in [5.74, 6) is 0.622. The van der Waals surface area contributed by atoms with E-state index in [0.717, 1.165) is 44.2 Å². The van der Waals surface area contributed by atoms with Crippen LogP contribution >= 0.6 is 0 Å². The summed E-state index contributed by atoms with van der Waals surface area (Å²) < 4.78 is 5.52. The molecule has 0 spiro atoms. The molecule has 3 nitrogen and oxygen atoms in total. The van der Waals surface area contributed by atoms with Crippen molar-refractivity contribution >= 4 is 60.7 Å². The van der Waals surface area contributed by atoms with Gasteiger partial charge in [-0.3, -0.25) is 4.79 Å². The van der Waals surface area contributed by atoms with E-state index in [-0.39, 0.29) is 5.78 Å². The number of Topliss-reactive ketones (excluding diaryl/α,β-unsaturated/α-hetero) is 1. The minimum Gasteiger partial charge on any atom is -0.501 e. The number of methoxy groups -OCH3 is 1. The Morgan fingerprint density at radius 2 is 1.14 bits per heavy atom. The maximum Gasteiger partial charge on any atom is 0.163 e. The van der Waals surface area contributed by atoms with Gasteiger partial charge in [0, 0.05) is 16.8 Å².